The molecule has 4 heteroatoms. The highest BCUT2D eigenvalue weighted by molar-refractivity contribution is 5.43. The van der Waals surface area contributed by atoms with E-state index in [0.717, 1.165) is 11.5 Å². The van der Waals surface area contributed by atoms with Gasteiger partial charge in [0.25, 0.3) is 0 Å². The molecule has 0 aromatic carbocycles. The van der Waals surface area contributed by atoms with Gasteiger partial charge in [-0.3, -0.25) is 4.40 Å². The Morgan fingerprint density at radius 3 is 2.94 bits per heavy atom. The quantitative estimate of drug-likeness (QED) is 0.750. The van der Waals surface area contributed by atoms with E-state index in [4.69, 9.17) is 5.26 Å². The SMILES string of the molecule is CC1CCCC1c1nnc2ccc(C#N)cn12. The first kappa shape index (κ1) is 10.3. The van der Waals surface area contributed by atoms with Crippen molar-refractivity contribution in [2.24, 2.45) is 5.92 Å². The molecule has 1 fully saturated rings. The van der Waals surface area contributed by atoms with Gasteiger partial charge in [0.15, 0.2) is 5.65 Å². The minimum absolute atomic E-state index is 0.485. The molecule has 0 N–H and O–H groups in total. The van der Waals surface area contributed by atoms with Crippen LogP contribution in [0.5, 0.6) is 0 Å². The average Bonchev–Trinajstić information content (AvgIpc) is 2.94. The lowest BCUT2D eigenvalue weighted by Gasteiger charge is -2.12. The number of fused-ring (bicyclic) bond motifs is 1. The van der Waals surface area contributed by atoms with Crippen molar-refractivity contribution >= 4 is 5.65 Å². The van der Waals surface area contributed by atoms with E-state index in [-0.39, 0.29) is 0 Å². The van der Waals surface area contributed by atoms with Gasteiger partial charge in [-0.25, -0.2) is 0 Å². The Morgan fingerprint density at radius 1 is 1.35 bits per heavy atom. The first-order valence-electron chi connectivity index (χ1n) is 6.04. The Morgan fingerprint density at radius 2 is 2.24 bits per heavy atom. The molecule has 2 aromatic heterocycles. The molecule has 3 rings (SSSR count). The number of pyridine rings is 1. The maximum atomic E-state index is 8.94. The second-order valence-electron chi connectivity index (χ2n) is 4.83. The van der Waals surface area contributed by atoms with Crippen molar-refractivity contribution in [1.82, 2.24) is 14.6 Å². The number of aromatic nitrogens is 3. The van der Waals surface area contributed by atoms with Crippen molar-refractivity contribution < 1.29 is 0 Å². The van der Waals surface area contributed by atoms with E-state index in [9.17, 15) is 0 Å². The van der Waals surface area contributed by atoms with Crippen LogP contribution < -0.4 is 0 Å². The number of nitriles is 1. The Balaban J connectivity index is 2.13. The van der Waals surface area contributed by atoms with Crippen molar-refractivity contribution in [2.75, 3.05) is 0 Å². The molecule has 1 aliphatic carbocycles. The highest BCUT2D eigenvalue weighted by Gasteiger charge is 2.28. The largest absolute Gasteiger partial charge is 0.285 e. The second-order valence-corrected chi connectivity index (χ2v) is 4.83. The molecule has 1 aliphatic rings. The van der Waals surface area contributed by atoms with Gasteiger partial charge in [0, 0.05) is 12.1 Å². The second kappa shape index (κ2) is 3.85. The van der Waals surface area contributed by atoms with E-state index in [2.05, 4.69) is 23.2 Å². The third-order valence-electron chi connectivity index (χ3n) is 3.75. The van der Waals surface area contributed by atoms with Crippen LogP contribution in [0.3, 0.4) is 0 Å². The molecule has 2 aromatic rings. The highest BCUT2D eigenvalue weighted by atomic mass is 15.2. The van der Waals surface area contributed by atoms with Gasteiger partial charge >= 0.3 is 0 Å². The normalized spacial score (nSPS) is 24.0. The molecule has 0 bridgehead atoms. The lowest BCUT2D eigenvalue weighted by Crippen LogP contribution is -2.07. The number of hydrogen-bond donors (Lipinski definition) is 0. The van der Waals surface area contributed by atoms with Crippen LogP contribution >= 0.6 is 0 Å². The molecule has 1 saturated carbocycles. The van der Waals surface area contributed by atoms with Gasteiger partial charge in [-0.05, 0) is 30.9 Å². The Kier molecular flexibility index (Phi) is 2.32. The molecule has 0 amide bonds. The Hall–Kier alpha value is -1.89. The maximum Gasteiger partial charge on any atom is 0.160 e. The van der Waals surface area contributed by atoms with Crippen molar-refractivity contribution in [3.05, 3.63) is 29.7 Å². The molecule has 2 atom stereocenters. The van der Waals surface area contributed by atoms with E-state index in [1.54, 1.807) is 6.07 Å². The minimum Gasteiger partial charge on any atom is -0.285 e. The molecule has 0 aliphatic heterocycles. The predicted octanol–water partition coefficient (Wildman–Crippen LogP) is 2.50. The number of nitrogens with zero attached hydrogens (tertiary/aromatic N) is 4. The van der Waals surface area contributed by atoms with Crippen molar-refractivity contribution in [2.45, 2.75) is 32.1 Å². The molecular formula is C13H14N4. The summed E-state index contributed by atoms with van der Waals surface area (Å²) in [6.45, 7) is 2.27. The fourth-order valence-corrected chi connectivity index (χ4v) is 2.76. The molecule has 0 radical (unpaired) electrons. The lowest BCUT2D eigenvalue weighted by molar-refractivity contribution is 0.506. The Labute approximate surface area is 99.9 Å². The molecule has 86 valence electrons. The molecule has 4 nitrogen and oxygen atoms in total. The smallest absolute Gasteiger partial charge is 0.160 e. The van der Waals surface area contributed by atoms with Gasteiger partial charge < -0.3 is 0 Å². The van der Waals surface area contributed by atoms with Crippen LogP contribution in [0.1, 0.15) is 43.5 Å². The fourth-order valence-electron chi connectivity index (χ4n) is 2.76. The molecule has 0 spiro atoms. The van der Waals surface area contributed by atoms with Gasteiger partial charge in [-0.2, -0.15) is 5.26 Å². The number of hydrogen-bond acceptors (Lipinski definition) is 3. The van der Waals surface area contributed by atoms with Gasteiger partial charge in [-0.15, -0.1) is 10.2 Å². The third kappa shape index (κ3) is 1.59. The first-order valence-corrected chi connectivity index (χ1v) is 6.04. The molecule has 2 heterocycles. The van der Waals surface area contributed by atoms with Crippen LogP contribution in [0.4, 0.5) is 0 Å². The third-order valence-corrected chi connectivity index (χ3v) is 3.75. The summed E-state index contributed by atoms with van der Waals surface area (Å²) in [5.74, 6) is 2.16. The van der Waals surface area contributed by atoms with Crippen LogP contribution in [-0.4, -0.2) is 14.6 Å². The van der Waals surface area contributed by atoms with E-state index in [1.165, 1.54) is 19.3 Å². The van der Waals surface area contributed by atoms with Crippen LogP contribution in [0.25, 0.3) is 5.65 Å². The van der Waals surface area contributed by atoms with E-state index >= 15 is 0 Å². The van der Waals surface area contributed by atoms with Crippen LogP contribution in [0.15, 0.2) is 18.3 Å². The summed E-state index contributed by atoms with van der Waals surface area (Å²) in [6.07, 6.45) is 5.55. The summed E-state index contributed by atoms with van der Waals surface area (Å²) in [7, 11) is 0. The minimum atomic E-state index is 0.485. The van der Waals surface area contributed by atoms with Gasteiger partial charge in [0.1, 0.15) is 11.9 Å². The van der Waals surface area contributed by atoms with Crippen molar-refractivity contribution in [3.8, 4) is 6.07 Å². The van der Waals surface area contributed by atoms with Crippen LogP contribution in [0.2, 0.25) is 0 Å². The standard InChI is InChI=1S/C13H14N4/c1-9-3-2-4-11(9)13-16-15-12-6-5-10(7-14)8-17(12)13/h5-6,8-9,11H,2-4H2,1H3. The highest BCUT2D eigenvalue weighted by Crippen LogP contribution is 2.38. The van der Waals surface area contributed by atoms with Gasteiger partial charge in [-0.1, -0.05) is 13.3 Å². The van der Waals surface area contributed by atoms with E-state index in [0.29, 0.717) is 17.4 Å². The molecule has 2 unspecified atom stereocenters. The van der Waals surface area contributed by atoms with Gasteiger partial charge in [0.05, 0.1) is 5.56 Å². The summed E-state index contributed by atoms with van der Waals surface area (Å²) in [4.78, 5) is 0. The monoisotopic (exact) mass is 226 g/mol. The summed E-state index contributed by atoms with van der Waals surface area (Å²) in [5.41, 5.74) is 1.49. The molecule has 17 heavy (non-hydrogen) atoms. The van der Waals surface area contributed by atoms with Crippen molar-refractivity contribution in [3.63, 3.8) is 0 Å². The zero-order valence-electron chi connectivity index (χ0n) is 9.80. The van der Waals surface area contributed by atoms with Crippen LogP contribution in [-0.2, 0) is 0 Å². The van der Waals surface area contributed by atoms with Gasteiger partial charge in [0.2, 0.25) is 0 Å². The maximum absolute atomic E-state index is 8.94. The van der Waals surface area contributed by atoms with E-state index in [1.807, 2.05) is 16.7 Å². The van der Waals surface area contributed by atoms with E-state index < -0.39 is 0 Å². The average molecular weight is 226 g/mol. The molecule has 0 saturated heterocycles. The van der Waals surface area contributed by atoms with Crippen LogP contribution in [0, 0.1) is 17.2 Å². The first-order chi connectivity index (χ1) is 8.29. The fraction of sp³-hybridized carbons (Fsp3) is 0.462. The summed E-state index contributed by atoms with van der Waals surface area (Å²) < 4.78 is 1.98. The topological polar surface area (TPSA) is 54.0 Å². The van der Waals surface area contributed by atoms with Crippen molar-refractivity contribution in [1.29, 1.82) is 5.26 Å². The zero-order chi connectivity index (χ0) is 11.8. The zero-order valence-corrected chi connectivity index (χ0v) is 9.80. The summed E-state index contributed by atoms with van der Waals surface area (Å²) >= 11 is 0. The summed E-state index contributed by atoms with van der Waals surface area (Å²) in [5, 5.41) is 17.4. The Bertz CT molecular complexity index is 593. The predicted molar refractivity (Wildman–Crippen MR) is 63.5 cm³/mol. The lowest BCUT2D eigenvalue weighted by atomic mass is 9.97. The number of rotatable bonds is 1. The molecular weight excluding hydrogens is 212 g/mol. The summed E-state index contributed by atoms with van der Waals surface area (Å²) in [6, 6.07) is 5.80.